The first kappa shape index (κ1) is 28.7. The van der Waals surface area contributed by atoms with E-state index in [1.54, 1.807) is 0 Å². The molecule has 0 radical (unpaired) electrons. The first-order valence-corrected chi connectivity index (χ1v) is 5.49. The molecule has 0 aromatic heterocycles. The molecule has 0 spiro atoms. The second-order valence-corrected chi connectivity index (χ2v) is 4.02. The first-order chi connectivity index (χ1) is 7.19. The Hall–Kier alpha value is 1.58. The van der Waals surface area contributed by atoms with Gasteiger partial charge >= 0.3 is 59.1 Å². The molecule has 3 unspecified atom stereocenters. The third kappa shape index (κ3) is 13.0. The molecule has 6 N–H and O–H groups in total. The molecule has 19 heavy (non-hydrogen) atoms. The second kappa shape index (κ2) is 13.3. The van der Waals surface area contributed by atoms with E-state index in [4.69, 9.17) is 20.4 Å². The maximum absolute atomic E-state index is 10.7. The number of phosphoric acid groups is 1. The minimum atomic E-state index is -5.31. The summed E-state index contributed by atoms with van der Waals surface area (Å²) in [6, 6.07) is 0. The zero-order valence-corrected chi connectivity index (χ0v) is 15.3. The number of ketones is 1. The molecule has 0 amide bonds. The number of rotatable bonds is 7. The Morgan fingerprint density at radius 3 is 1.95 bits per heavy atom. The number of Topliss-reactive ketones (excluding diaryl/α,β-unsaturated/α-hetero) is 1. The van der Waals surface area contributed by atoms with E-state index >= 15 is 0 Å². The van der Waals surface area contributed by atoms with Crippen molar-refractivity contribution < 1.29 is 109 Å². The molecule has 0 heterocycles. The summed E-state index contributed by atoms with van der Waals surface area (Å²) in [5.74, 6) is -1.17. The predicted octanol–water partition coefficient (Wildman–Crippen LogP) is -11.3. The van der Waals surface area contributed by atoms with Gasteiger partial charge in [0, 0.05) is 0 Å². The Morgan fingerprint density at radius 2 is 1.63 bits per heavy atom. The van der Waals surface area contributed by atoms with Crippen LogP contribution in [0.4, 0.5) is 0 Å². The number of hydrogen-bond acceptors (Lipinski definition) is 9. The van der Waals surface area contributed by atoms with Gasteiger partial charge in [0.25, 0.3) is 0 Å². The minimum absolute atomic E-state index is 0. The van der Waals surface area contributed by atoms with Crippen LogP contribution in [0.2, 0.25) is 0 Å². The van der Waals surface area contributed by atoms with Crippen LogP contribution in [0.5, 0.6) is 0 Å². The van der Waals surface area contributed by atoms with Crippen molar-refractivity contribution in [2.24, 2.45) is 0 Å². The van der Waals surface area contributed by atoms with Gasteiger partial charge in [-0.05, 0) is 0 Å². The van der Waals surface area contributed by atoms with Crippen molar-refractivity contribution >= 4 is 13.6 Å². The number of hydrogen-bond donors (Lipinski definition) is 4. The second-order valence-electron chi connectivity index (χ2n) is 2.87. The molecule has 0 fully saturated rings. The fourth-order valence-corrected chi connectivity index (χ4v) is 1.10. The van der Waals surface area contributed by atoms with Crippen LogP contribution >= 0.6 is 7.82 Å². The summed E-state index contributed by atoms with van der Waals surface area (Å²) in [6.07, 6.45) is -6.12. The summed E-state index contributed by atoms with van der Waals surface area (Å²) >= 11 is 0. The molecule has 0 aliphatic carbocycles. The largest absolute Gasteiger partial charge is 1.00 e. The fraction of sp³-hybridized carbons (Fsp3) is 0.833. The topological polar surface area (TPSA) is 202 Å². The standard InChI is InChI=1S/C6H13O9P.2Na.H2O/c7-1-3(8)5(10)6(11)4(9)2-15-16(12,13)14;;;/h4-7,9-11H,1-2H2,(H2,12,13,14);;;1H2/q;2*+1;/p-2. The molecule has 13 heteroatoms. The van der Waals surface area contributed by atoms with Crippen LogP contribution in [0, 0.1) is 0 Å². The van der Waals surface area contributed by atoms with Crippen LogP contribution in [-0.4, -0.2) is 63.2 Å². The Labute approximate surface area is 152 Å². The number of aliphatic hydroxyl groups is 4. The molecule has 0 saturated heterocycles. The van der Waals surface area contributed by atoms with Crippen LogP contribution in [0.25, 0.3) is 0 Å². The molecule has 3 atom stereocenters. The third-order valence-electron chi connectivity index (χ3n) is 1.61. The van der Waals surface area contributed by atoms with E-state index in [-0.39, 0.29) is 64.6 Å². The van der Waals surface area contributed by atoms with Crippen molar-refractivity contribution in [3.8, 4) is 0 Å². The van der Waals surface area contributed by atoms with Gasteiger partial charge in [-0.25, -0.2) is 0 Å². The van der Waals surface area contributed by atoms with Gasteiger partial charge in [-0.2, -0.15) is 0 Å². The van der Waals surface area contributed by atoms with Gasteiger partial charge in [0.05, 0.1) is 14.4 Å². The van der Waals surface area contributed by atoms with Gasteiger partial charge in [0.15, 0.2) is 5.78 Å². The van der Waals surface area contributed by atoms with E-state index in [0.717, 1.165) is 0 Å². The van der Waals surface area contributed by atoms with Crippen LogP contribution in [-0.2, 0) is 13.9 Å². The molecule has 0 aliphatic rings. The molecule has 0 saturated carbocycles. The summed E-state index contributed by atoms with van der Waals surface area (Å²) in [5.41, 5.74) is 0. The Morgan fingerprint density at radius 1 is 1.21 bits per heavy atom. The van der Waals surface area contributed by atoms with E-state index in [1.807, 2.05) is 0 Å². The van der Waals surface area contributed by atoms with Crippen molar-refractivity contribution in [2.45, 2.75) is 18.3 Å². The van der Waals surface area contributed by atoms with E-state index in [0.29, 0.717) is 0 Å². The summed E-state index contributed by atoms with van der Waals surface area (Å²) in [7, 11) is -5.31. The van der Waals surface area contributed by atoms with E-state index in [1.165, 1.54) is 0 Å². The maximum Gasteiger partial charge on any atom is 1.00 e. The maximum atomic E-state index is 10.7. The first-order valence-electron chi connectivity index (χ1n) is 4.03. The van der Waals surface area contributed by atoms with Crippen LogP contribution < -0.4 is 68.9 Å². The quantitative estimate of drug-likeness (QED) is 0.259. The van der Waals surface area contributed by atoms with E-state index in [2.05, 4.69) is 4.52 Å². The number of carbonyl (C=O) groups excluding carboxylic acids is 1. The van der Waals surface area contributed by atoms with Gasteiger partial charge in [-0.3, -0.25) is 4.79 Å². The van der Waals surface area contributed by atoms with Crippen LogP contribution in [0.15, 0.2) is 0 Å². The van der Waals surface area contributed by atoms with Gasteiger partial charge in [-0.15, -0.1) is 0 Å². The third-order valence-corrected chi connectivity index (χ3v) is 2.07. The Balaban J connectivity index is -0.000000375. The van der Waals surface area contributed by atoms with Gasteiger partial charge in [-0.1, -0.05) is 0 Å². The normalized spacial score (nSPS) is 15.1. The average molecular weight is 322 g/mol. The molecule has 104 valence electrons. The van der Waals surface area contributed by atoms with Crippen molar-refractivity contribution in [2.75, 3.05) is 13.2 Å². The summed E-state index contributed by atoms with van der Waals surface area (Å²) in [6.45, 7) is -2.16. The van der Waals surface area contributed by atoms with Gasteiger partial charge < -0.3 is 44.8 Å². The molecule has 0 bridgehead atoms. The molecular weight excluding hydrogens is 309 g/mol. The predicted molar refractivity (Wildman–Crippen MR) is 47.3 cm³/mol. The molecular formula is C6H13Na2O10P. The van der Waals surface area contributed by atoms with Crippen molar-refractivity contribution in [3.63, 3.8) is 0 Å². The smallest absolute Gasteiger partial charge is 0.790 e. The summed E-state index contributed by atoms with van der Waals surface area (Å²) in [5, 5.41) is 35.4. The average Bonchev–Trinajstić information content (AvgIpc) is 2.21. The molecule has 0 aromatic rings. The van der Waals surface area contributed by atoms with Crippen molar-refractivity contribution in [1.82, 2.24) is 0 Å². The van der Waals surface area contributed by atoms with E-state index < -0.39 is 45.1 Å². The SMILES string of the molecule is O.O=C(CO)C(O)C(O)C(O)COP(=O)([O-])[O-].[Na+].[Na+]. The number of aliphatic hydroxyl groups excluding tert-OH is 4. The number of phosphoric ester groups is 1. The van der Waals surface area contributed by atoms with Gasteiger partial charge in [0.1, 0.15) is 24.9 Å². The molecule has 0 aromatic carbocycles. The summed E-state index contributed by atoms with van der Waals surface area (Å²) in [4.78, 5) is 30.7. The Kier molecular flexibility index (Phi) is 20.0. The number of carbonyl (C=O) groups is 1. The van der Waals surface area contributed by atoms with Crippen LogP contribution in [0.3, 0.4) is 0 Å². The zero-order chi connectivity index (χ0) is 12.9. The molecule has 10 nitrogen and oxygen atoms in total. The molecule has 0 rings (SSSR count). The van der Waals surface area contributed by atoms with Crippen molar-refractivity contribution in [3.05, 3.63) is 0 Å². The van der Waals surface area contributed by atoms with E-state index in [9.17, 15) is 19.1 Å². The minimum Gasteiger partial charge on any atom is -0.790 e. The van der Waals surface area contributed by atoms with Crippen LogP contribution in [0.1, 0.15) is 0 Å². The molecule has 0 aliphatic heterocycles. The Bertz CT molecular complexity index is 283. The monoisotopic (exact) mass is 322 g/mol. The fourth-order valence-electron chi connectivity index (χ4n) is 0.761. The van der Waals surface area contributed by atoms with Gasteiger partial charge in [0.2, 0.25) is 0 Å². The van der Waals surface area contributed by atoms with Crippen molar-refractivity contribution in [1.29, 1.82) is 0 Å². The zero-order valence-electron chi connectivity index (χ0n) is 10.4. The summed E-state index contributed by atoms with van der Waals surface area (Å²) < 4.78 is 13.6.